The van der Waals surface area contributed by atoms with Gasteiger partial charge in [-0.05, 0) is 24.1 Å². The highest BCUT2D eigenvalue weighted by Gasteiger charge is 2.02. The van der Waals surface area contributed by atoms with Crippen LogP contribution in [0.15, 0.2) is 18.5 Å². The third-order valence-electron chi connectivity index (χ3n) is 2.18. The SMILES string of the molecule is Cc1c(CN)cnc2[nH]ccc12. The Kier molecular flexibility index (Phi) is 1.59. The molecule has 3 N–H and O–H groups in total. The van der Waals surface area contributed by atoms with E-state index >= 15 is 0 Å². The lowest BCUT2D eigenvalue weighted by atomic mass is 10.1. The van der Waals surface area contributed by atoms with Crippen molar-refractivity contribution >= 4 is 11.0 Å². The highest BCUT2D eigenvalue weighted by molar-refractivity contribution is 5.79. The van der Waals surface area contributed by atoms with Crippen LogP contribution in [0.25, 0.3) is 11.0 Å². The molecule has 0 unspecified atom stereocenters. The topological polar surface area (TPSA) is 54.7 Å². The maximum absolute atomic E-state index is 5.56. The van der Waals surface area contributed by atoms with Gasteiger partial charge in [-0.25, -0.2) is 4.98 Å². The minimum absolute atomic E-state index is 0.556. The molecule has 62 valence electrons. The fourth-order valence-electron chi connectivity index (χ4n) is 1.39. The third-order valence-corrected chi connectivity index (χ3v) is 2.18. The molecule has 3 heteroatoms. The van der Waals surface area contributed by atoms with Gasteiger partial charge in [0.25, 0.3) is 0 Å². The van der Waals surface area contributed by atoms with E-state index in [1.807, 2.05) is 18.5 Å². The first-order valence-electron chi connectivity index (χ1n) is 3.94. The summed E-state index contributed by atoms with van der Waals surface area (Å²) < 4.78 is 0. The number of hydrogen-bond acceptors (Lipinski definition) is 2. The number of H-pyrrole nitrogens is 1. The second-order valence-electron chi connectivity index (χ2n) is 2.85. The van der Waals surface area contributed by atoms with E-state index in [1.54, 1.807) is 0 Å². The lowest BCUT2D eigenvalue weighted by Crippen LogP contribution is -1.99. The summed E-state index contributed by atoms with van der Waals surface area (Å²) in [5.74, 6) is 0. The van der Waals surface area contributed by atoms with E-state index in [2.05, 4.69) is 16.9 Å². The number of aromatic amines is 1. The molecule has 0 aromatic carbocycles. The van der Waals surface area contributed by atoms with Gasteiger partial charge in [0.2, 0.25) is 0 Å². The first-order valence-corrected chi connectivity index (χ1v) is 3.94. The zero-order valence-electron chi connectivity index (χ0n) is 6.96. The zero-order valence-corrected chi connectivity index (χ0v) is 6.96. The van der Waals surface area contributed by atoms with Crippen molar-refractivity contribution < 1.29 is 0 Å². The van der Waals surface area contributed by atoms with Gasteiger partial charge in [-0.2, -0.15) is 0 Å². The maximum atomic E-state index is 5.56. The Morgan fingerprint density at radius 1 is 1.58 bits per heavy atom. The third kappa shape index (κ3) is 0.905. The molecule has 0 aliphatic carbocycles. The molecule has 2 heterocycles. The molecule has 0 saturated carbocycles. The summed E-state index contributed by atoms with van der Waals surface area (Å²) in [6.45, 7) is 2.62. The molecule has 2 rings (SSSR count). The normalized spacial score (nSPS) is 10.8. The molecule has 0 spiro atoms. The monoisotopic (exact) mass is 161 g/mol. The van der Waals surface area contributed by atoms with E-state index in [1.165, 1.54) is 5.56 Å². The average Bonchev–Trinajstić information content (AvgIpc) is 2.53. The van der Waals surface area contributed by atoms with Crippen molar-refractivity contribution in [3.8, 4) is 0 Å². The van der Waals surface area contributed by atoms with Crippen LogP contribution >= 0.6 is 0 Å². The zero-order chi connectivity index (χ0) is 8.55. The van der Waals surface area contributed by atoms with Crippen molar-refractivity contribution in [1.82, 2.24) is 9.97 Å². The average molecular weight is 161 g/mol. The fraction of sp³-hybridized carbons (Fsp3) is 0.222. The molecule has 2 aromatic heterocycles. The van der Waals surface area contributed by atoms with Gasteiger partial charge in [0.05, 0.1) is 0 Å². The van der Waals surface area contributed by atoms with E-state index in [0.29, 0.717) is 6.54 Å². The molecular formula is C9H11N3. The second kappa shape index (κ2) is 2.60. The Bertz CT molecular complexity index is 403. The quantitative estimate of drug-likeness (QED) is 0.663. The number of nitrogens with zero attached hydrogens (tertiary/aromatic N) is 1. The second-order valence-corrected chi connectivity index (χ2v) is 2.85. The van der Waals surface area contributed by atoms with Gasteiger partial charge in [0.15, 0.2) is 0 Å². The number of nitrogens with two attached hydrogens (primary N) is 1. The minimum atomic E-state index is 0.556. The van der Waals surface area contributed by atoms with Crippen LogP contribution in [0.1, 0.15) is 11.1 Å². The summed E-state index contributed by atoms with van der Waals surface area (Å²) in [5, 5.41) is 1.16. The van der Waals surface area contributed by atoms with Gasteiger partial charge in [-0.3, -0.25) is 0 Å². The molecule has 0 atom stereocenters. The van der Waals surface area contributed by atoms with Crippen LogP contribution in [0, 0.1) is 6.92 Å². The minimum Gasteiger partial charge on any atom is -0.346 e. The highest BCUT2D eigenvalue weighted by atomic mass is 14.8. The molecule has 0 aliphatic rings. The van der Waals surface area contributed by atoms with Crippen LogP contribution in [0.2, 0.25) is 0 Å². The van der Waals surface area contributed by atoms with Crippen LogP contribution < -0.4 is 5.73 Å². The smallest absolute Gasteiger partial charge is 0.137 e. The first kappa shape index (κ1) is 7.31. The van der Waals surface area contributed by atoms with Gasteiger partial charge in [-0.15, -0.1) is 0 Å². The molecular weight excluding hydrogens is 150 g/mol. The first-order chi connectivity index (χ1) is 5.83. The number of aromatic nitrogens is 2. The lowest BCUT2D eigenvalue weighted by Gasteiger charge is -2.02. The van der Waals surface area contributed by atoms with Crippen molar-refractivity contribution in [1.29, 1.82) is 0 Å². The number of nitrogens with one attached hydrogen (secondary N) is 1. The standard InChI is InChI=1S/C9H11N3/c1-6-7(4-10)5-12-9-8(6)2-3-11-9/h2-3,5H,4,10H2,1H3,(H,11,12). The Balaban J connectivity index is 2.78. The number of rotatable bonds is 1. The highest BCUT2D eigenvalue weighted by Crippen LogP contribution is 2.17. The van der Waals surface area contributed by atoms with Gasteiger partial charge < -0.3 is 10.7 Å². The van der Waals surface area contributed by atoms with Crippen molar-refractivity contribution in [3.63, 3.8) is 0 Å². The predicted molar refractivity (Wildman–Crippen MR) is 48.7 cm³/mol. The molecule has 0 radical (unpaired) electrons. The molecule has 0 amide bonds. The number of pyridine rings is 1. The Hall–Kier alpha value is -1.35. The van der Waals surface area contributed by atoms with Gasteiger partial charge in [0.1, 0.15) is 5.65 Å². The van der Waals surface area contributed by atoms with Crippen LogP contribution in [-0.4, -0.2) is 9.97 Å². The van der Waals surface area contributed by atoms with Crippen LogP contribution in [0.4, 0.5) is 0 Å². The van der Waals surface area contributed by atoms with E-state index in [4.69, 9.17) is 5.73 Å². The largest absolute Gasteiger partial charge is 0.346 e. The van der Waals surface area contributed by atoms with Crippen LogP contribution in [-0.2, 0) is 6.54 Å². The fourth-order valence-corrected chi connectivity index (χ4v) is 1.39. The summed E-state index contributed by atoms with van der Waals surface area (Å²) in [4.78, 5) is 7.30. The van der Waals surface area contributed by atoms with E-state index in [9.17, 15) is 0 Å². The van der Waals surface area contributed by atoms with E-state index in [0.717, 1.165) is 16.6 Å². The molecule has 0 bridgehead atoms. The number of aryl methyl sites for hydroxylation is 1. The van der Waals surface area contributed by atoms with Crippen LogP contribution in [0.3, 0.4) is 0 Å². The summed E-state index contributed by atoms with van der Waals surface area (Å²) in [7, 11) is 0. The van der Waals surface area contributed by atoms with Gasteiger partial charge >= 0.3 is 0 Å². The number of fused-ring (bicyclic) bond motifs is 1. The molecule has 0 saturated heterocycles. The van der Waals surface area contributed by atoms with Crippen molar-refractivity contribution in [2.75, 3.05) is 0 Å². The van der Waals surface area contributed by atoms with Crippen molar-refractivity contribution in [2.24, 2.45) is 5.73 Å². The number of hydrogen-bond donors (Lipinski definition) is 2. The van der Waals surface area contributed by atoms with Gasteiger partial charge in [-0.1, -0.05) is 0 Å². The summed E-state index contributed by atoms with van der Waals surface area (Å²) in [6, 6.07) is 2.02. The van der Waals surface area contributed by atoms with Gasteiger partial charge in [0, 0.05) is 24.3 Å². The predicted octanol–water partition coefficient (Wildman–Crippen LogP) is 1.33. The van der Waals surface area contributed by atoms with Crippen LogP contribution in [0.5, 0.6) is 0 Å². The lowest BCUT2D eigenvalue weighted by molar-refractivity contribution is 1.04. The summed E-state index contributed by atoms with van der Waals surface area (Å²) >= 11 is 0. The Labute approximate surface area is 70.6 Å². The van der Waals surface area contributed by atoms with E-state index < -0.39 is 0 Å². The molecule has 0 fully saturated rings. The summed E-state index contributed by atoms with van der Waals surface area (Å²) in [6.07, 6.45) is 3.72. The Morgan fingerprint density at radius 2 is 2.42 bits per heavy atom. The maximum Gasteiger partial charge on any atom is 0.137 e. The van der Waals surface area contributed by atoms with E-state index in [-0.39, 0.29) is 0 Å². The molecule has 12 heavy (non-hydrogen) atoms. The summed E-state index contributed by atoms with van der Waals surface area (Å²) in [5.41, 5.74) is 8.83. The molecule has 2 aromatic rings. The van der Waals surface area contributed by atoms with Crippen molar-refractivity contribution in [3.05, 3.63) is 29.6 Å². The molecule has 3 nitrogen and oxygen atoms in total. The molecule has 0 aliphatic heterocycles. The Morgan fingerprint density at radius 3 is 3.17 bits per heavy atom. The van der Waals surface area contributed by atoms with Crippen molar-refractivity contribution in [2.45, 2.75) is 13.5 Å².